The predicted octanol–water partition coefficient (Wildman–Crippen LogP) is 4.48. The third-order valence-corrected chi connectivity index (χ3v) is 5.56. The van der Waals surface area contributed by atoms with E-state index in [0.29, 0.717) is 24.2 Å². The van der Waals surface area contributed by atoms with Crippen LogP contribution in [0.15, 0.2) is 59.0 Å². The lowest BCUT2D eigenvalue weighted by molar-refractivity contribution is -0.119. The SMILES string of the molecule is CC(C)Cc1nnc(-c2cc3ccccc3n2CC(=O)N2CCc3ccccc32)o1. The van der Waals surface area contributed by atoms with Crippen molar-refractivity contribution < 1.29 is 9.21 Å². The van der Waals surface area contributed by atoms with Crippen molar-refractivity contribution >= 4 is 22.5 Å². The molecular formula is C24H24N4O2. The Morgan fingerprint density at radius 3 is 2.77 bits per heavy atom. The summed E-state index contributed by atoms with van der Waals surface area (Å²) in [5.41, 5.74) is 3.99. The molecule has 1 amide bonds. The van der Waals surface area contributed by atoms with Gasteiger partial charge in [-0.05, 0) is 36.1 Å². The molecule has 152 valence electrons. The number of hydrogen-bond donors (Lipinski definition) is 0. The first-order valence-corrected chi connectivity index (χ1v) is 10.4. The largest absolute Gasteiger partial charge is 0.419 e. The summed E-state index contributed by atoms with van der Waals surface area (Å²) in [7, 11) is 0. The van der Waals surface area contributed by atoms with Gasteiger partial charge in [-0.25, -0.2) is 0 Å². The Balaban J connectivity index is 1.52. The van der Waals surface area contributed by atoms with E-state index in [1.54, 1.807) is 0 Å². The Kier molecular flexibility index (Phi) is 4.62. The summed E-state index contributed by atoms with van der Waals surface area (Å²) in [4.78, 5) is 15.2. The van der Waals surface area contributed by atoms with Gasteiger partial charge in [0, 0.05) is 29.6 Å². The molecular weight excluding hydrogens is 376 g/mol. The quantitative estimate of drug-likeness (QED) is 0.495. The van der Waals surface area contributed by atoms with Gasteiger partial charge in [0.05, 0.1) is 0 Å². The molecule has 0 radical (unpaired) electrons. The minimum atomic E-state index is 0.0597. The number of carbonyl (C=O) groups excluding carboxylic acids is 1. The van der Waals surface area contributed by atoms with Gasteiger partial charge in [-0.2, -0.15) is 0 Å². The number of nitrogens with zero attached hydrogens (tertiary/aromatic N) is 4. The summed E-state index contributed by atoms with van der Waals surface area (Å²) >= 11 is 0. The number of rotatable bonds is 5. The smallest absolute Gasteiger partial charge is 0.264 e. The summed E-state index contributed by atoms with van der Waals surface area (Å²) in [5, 5.41) is 9.53. The van der Waals surface area contributed by atoms with Crippen molar-refractivity contribution in [2.24, 2.45) is 5.92 Å². The van der Waals surface area contributed by atoms with Crippen LogP contribution < -0.4 is 4.90 Å². The molecule has 6 heteroatoms. The zero-order valence-electron chi connectivity index (χ0n) is 17.2. The average molecular weight is 400 g/mol. The second-order valence-electron chi connectivity index (χ2n) is 8.20. The monoisotopic (exact) mass is 400 g/mol. The second-order valence-corrected chi connectivity index (χ2v) is 8.20. The maximum atomic E-state index is 13.3. The lowest BCUT2D eigenvalue weighted by Crippen LogP contribution is -2.32. The third-order valence-electron chi connectivity index (χ3n) is 5.56. The molecule has 0 aliphatic carbocycles. The van der Waals surface area contributed by atoms with Gasteiger partial charge in [0.1, 0.15) is 12.2 Å². The van der Waals surface area contributed by atoms with Crippen molar-refractivity contribution in [1.29, 1.82) is 0 Å². The Morgan fingerprint density at radius 2 is 1.90 bits per heavy atom. The number of para-hydroxylation sites is 2. The fourth-order valence-corrected chi connectivity index (χ4v) is 4.16. The maximum absolute atomic E-state index is 13.3. The molecule has 1 aliphatic rings. The van der Waals surface area contributed by atoms with Crippen molar-refractivity contribution in [2.45, 2.75) is 33.2 Å². The van der Waals surface area contributed by atoms with E-state index in [9.17, 15) is 4.79 Å². The van der Waals surface area contributed by atoms with Gasteiger partial charge in [-0.15, -0.1) is 10.2 Å². The van der Waals surface area contributed by atoms with Crippen LogP contribution >= 0.6 is 0 Å². The lowest BCUT2D eigenvalue weighted by Gasteiger charge is -2.19. The minimum absolute atomic E-state index is 0.0597. The highest BCUT2D eigenvalue weighted by atomic mass is 16.4. The highest BCUT2D eigenvalue weighted by Gasteiger charge is 2.26. The highest BCUT2D eigenvalue weighted by Crippen LogP contribution is 2.31. The van der Waals surface area contributed by atoms with Gasteiger partial charge in [-0.1, -0.05) is 50.2 Å². The number of hydrogen-bond acceptors (Lipinski definition) is 4. The first-order chi connectivity index (χ1) is 14.6. The van der Waals surface area contributed by atoms with Crippen molar-refractivity contribution in [3.05, 3.63) is 66.1 Å². The molecule has 0 bridgehead atoms. The molecule has 0 spiro atoms. The van der Waals surface area contributed by atoms with Crippen LogP contribution in [0.4, 0.5) is 5.69 Å². The number of aromatic nitrogens is 3. The zero-order valence-corrected chi connectivity index (χ0v) is 17.2. The first kappa shape index (κ1) is 18.6. The van der Waals surface area contributed by atoms with Gasteiger partial charge < -0.3 is 13.9 Å². The molecule has 3 heterocycles. The van der Waals surface area contributed by atoms with Crippen LogP contribution in [0, 0.1) is 5.92 Å². The van der Waals surface area contributed by atoms with E-state index >= 15 is 0 Å². The molecule has 0 fully saturated rings. The van der Waals surface area contributed by atoms with Gasteiger partial charge in [0.25, 0.3) is 5.89 Å². The highest BCUT2D eigenvalue weighted by molar-refractivity contribution is 5.97. The number of benzene rings is 2. The molecule has 0 N–H and O–H groups in total. The molecule has 30 heavy (non-hydrogen) atoms. The summed E-state index contributed by atoms with van der Waals surface area (Å²) in [6.45, 7) is 5.17. The standard InChI is InChI=1S/C24H24N4O2/c1-16(2)13-22-25-26-24(30-22)21-14-18-8-4-6-10-20(18)28(21)15-23(29)27-12-11-17-7-3-5-9-19(17)27/h3-10,14,16H,11-13,15H2,1-2H3. The zero-order chi connectivity index (χ0) is 20.7. The average Bonchev–Trinajstić information content (AvgIpc) is 3.45. The van der Waals surface area contributed by atoms with Crippen LogP contribution in [0.3, 0.4) is 0 Å². The molecule has 2 aromatic carbocycles. The molecule has 0 saturated carbocycles. The fraction of sp³-hybridized carbons (Fsp3) is 0.292. The molecule has 6 nitrogen and oxygen atoms in total. The van der Waals surface area contributed by atoms with Crippen molar-refractivity contribution in [3.63, 3.8) is 0 Å². The van der Waals surface area contributed by atoms with Crippen molar-refractivity contribution in [1.82, 2.24) is 14.8 Å². The number of anilines is 1. The van der Waals surface area contributed by atoms with E-state index < -0.39 is 0 Å². The molecule has 5 rings (SSSR count). The number of fused-ring (bicyclic) bond motifs is 2. The summed E-state index contributed by atoms with van der Waals surface area (Å²) in [6.07, 6.45) is 1.63. The Labute approximate surface area is 175 Å². The molecule has 0 saturated heterocycles. The summed E-state index contributed by atoms with van der Waals surface area (Å²) in [6, 6.07) is 18.2. The lowest BCUT2D eigenvalue weighted by atomic mass is 10.1. The second kappa shape index (κ2) is 7.44. The minimum Gasteiger partial charge on any atom is -0.419 e. The molecule has 4 aromatic rings. The van der Waals surface area contributed by atoms with Gasteiger partial charge >= 0.3 is 0 Å². The van der Waals surface area contributed by atoms with E-state index in [2.05, 4.69) is 30.1 Å². The van der Waals surface area contributed by atoms with Crippen LogP contribution in [0.5, 0.6) is 0 Å². The topological polar surface area (TPSA) is 64.2 Å². The van der Waals surface area contributed by atoms with E-state index in [4.69, 9.17) is 4.42 Å². The first-order valence-electron chi connectivity index (χ1n) is 10.4. The van der Waals surface area contributed by atoms with E-state index in [1.165, 1.54) is 5.56 Å². The van der Waals surface area contributed by atoms with Crippen LogP contribution in [0.1, 0.15) is 25.3 Å². The van der Waals surface area contributed by atoms with Crippen molar-refractivity contribution in [2.75, 3.05) is 11.4 Å². The maximum Gasteiger partial charge on any atom is 0.264 e. The van der Waals surface area contributed by atoms with Gasteiger partial charge in [0.2, 0.25) is 11.8 Å². The number of carbonyl (C=O) groups is 1. The number of amides is 1. The molecule has 2 aromatic heterocycles. The van der Waals surface area contributed by atoms with E-state index in [1.807, 2.05) is 58.0 Å². The van der Waals surface area contributed by atoms with Crippen LogP contribution in [0.2, 0.25) is 0 Å². The van der Waals surface area contributed by atoms with Crippen LogP contribution in [0.25, 0.3) is 22.5 Å². The van der Waals surface area contributed by atoms with E-state index in [0.717, 1.165) is 35.1 Å². The summed E-state index contributed by atoms with van der Waals surface area (Å²) in [5.74, 6) is 1.57. The van der Waals surface area contributed by atoms with E-state index in [-0.39, 0.29) is 12.5 Å². The van der Waals surface area contributed by atoms with Gasteiger partial charge in [0.15, 0.2) is 0 Å². The molecule has 0 atom stereocenters. The third kappa shape index (κ3) is 3.28. The predicted molar refractivity (Wildman–Crippen MR) is 116 cm³/mol. The normalized spacial score (nSPS) is 13.4. The summed E-state index contributed by atoms with van der Waals surface area (Å²) < 4.78 is 7.94. The molecule has 0 unspecified atom stereocenters. The van der Waals surface area contributed by atoms with Gasteiger partial charge in [-0.3, -0.25) is 4.79 Å². The Morgan fingerprint density at radius 1 is 1.10 bits per heavy atom. The Hall–Kier alpha value is -3.41. The van der Waals surface area contributed by atoms with Crippen LogP contribution in [-0.4, -0.2) is 27.2 Å². The Bertz CT molecular complexity index is 1220. The molecule has 1 aliphatic heterocycles. The van der Waals surface area contributed by atoms with Crippen molar-refractivity contribution in [3.8, 4) is 11.6 Å². The van der Waals surface area contributed by atoms with Crippen LogP contribution in [-0.2, 0) is 24.2 Å². The fourth-order valence-electron chi connectivity index (χ4n) is 4.16.